The largest absolute Gasteiger partial charge is 0.476 e. The van der Waals surface area contributed by atoms with Crippen LogP contribution in [0.5, 0.6) is 0 Å². The molecule has 3 rings (SSSR count). The topological polar surface area (TPSA) is 101 Å². The molecule has 1 aliphatic carbocycles. The molecule has 0 unspecified atom stereocenters. The highest BCUT2D eigenvalue weighted by molar-refractivity contribution is 6.01. The predicted octanol–water partition coefficient (Wildman–Crippen LogP) is 2.04. The normalized spacial score (nSPS) is 22.9. The predicted molar refractivity (Wildman–Crippen MR) is 97.1 cm³/mol. The van der Waals surface area contributed by atoms with Crippen LogP contribution >= 0.6 is 0 Å². The number of aromatic nitrogens is 2. The molecule has 0 radical (unpaired) electrons. The average Bonchev–Trinajstić information content (AvgIpc) is 2.61. The van der Waals surface area contributed by atoms with Crippen LogP contribution in [0.1, 0.15) is 43.6 Å². The van der Waals surface area contributed by atoms with Crippen molar-refractivity contribution in [3.63, 3.8) is 0 Å². The maximum atomic E-state index is 12.6. The first-order valence-corrected chi connectivity index (χ1v) is 8.91. The number of carbonyl (C=O) groups excluding carboxylic acids is 1. The Morgan fingerprint density at radius 1 is 1.23 bits per heavy atom. The SMILES string of the molecule is C[C@H]1[C@@H](NC(=O)Cn2nc(C(=O)O)c3ccccc3c2=O)CCC[C@@H]1C. The second-order valence-corrected chi connectivity index (χ2v) is 7.10. The minimum atomic E-state index is -1.23. The minimum Gasteiger partial charge on any atom is -0.476 e. The highest BCUT2D eigenvalue weighted by Gasteiger charge is 2.28. The summed E-state index contributed by atoms with van der Waals surface area (Å²) in [5.74, 6) is -0.653. The first kappa shape index (κ1) is 18.1. The summed E-state index contributed by atoms with van der Waals surface area (Å²) in [5, 5.41) is 16.8. The van der Waals surface area contributed by atoms with Crippen LogP contribution in [0.3, 0.4) is 0 Å². The number of fused-ring (bicyclic) bond motifs is 1. The third-order valence-corrected chi connectivity index (χ3v) is 5.42. The molecule has 0 saturated heterocycles. The number of nitrogens with zero attached hydrogens (tertiary/aromatic N) is 2. The summed E-state index contributed by atoms with van der Waals surface area (Å²) >= 11 is 0. The number of carboxylic acids is 1. The molecule has 1 aromatic heterocycles. The molecule has 1 fully saturated rings. The Hall–Kier alpha value is -2.70. The fraction of sp³-hybridized carbons (Fsp3) is 0.474. The zero-order valence-corrected chi connectivity index (χ0v) is 14.9. The van der Waals surface area contributed by atoms with E-state index >= 15 is 0 Å². The summed E-state index contributed by atoms with van der Waals surface area (Å²) in [6, 6.07) is 6.47. The second-order valence-electron chi connectivity index (χ2n) is 7.10. The quantitative estimate of drug-likeness (QED) is 0.872. The van der Waals surface area contributed by atoms with E-state index in [1.807, 2.05) is 0 Å². The highest BCUT2D eigenvalue weighted by atomic mass is 16.4. The number of carboxylic acid groups (broad SMARTS) is 1. The van der Waals surface area contributed by atoms with E-state index in [9.17, 15) is 19.5 Å². The van der Waals surface area contributed by atoms with Gasteiger partial charge < -0.3 is 10.4 Å². The molecule has 1 aromatic carbocycles. The summed E-state index contributed by atoms with van der Waals surface area (Å²) in [6.07, 6.45) is 3.13. The number of aromatic carboxylic acids is 1. The first-order valence-electron chi connectivity index (χ1n) is 8.91. The Labute approximate surface area is 151 Å². The number of rotatable bonds is 4. The molecule has 0 bridgehead atoms. The van der Waals surface area contributed by atoms with Gasteiger partial charge in [-0.2, -0.15) is 5.10 Å². The summed E-state index contributed by atoms with van der Waals surface area (Å²) in [6.45, 7) is 4.01. The van der Waals surface area contributed by atoms with Crippen molar-refractivity contribution in [2.75, 3.05) is 0 Å². The van der Waals surface area contributed by atoms with Crippen LogP contribution < -0.4 is 10.9 Å². The van der Waals surface area contributed by atoms with Crippen LogP contribution in [0.25, 0.3) is 10.8 Å². The zero-order valence-electron chi connectivity index (χ0n) is 14.9. The second kappa shape index (κ2) is 7.27. The molecule has 0 spiro atoms. The molecule has 7 nitrogen and oxygen atoms in total. The summed E-state index contributed by atoms with van der Waals surface area (Å²) in [5.41, 5.74) is -0.696. The lowest BCUT2D eigenvalue weighted by atomic mass is 9.78. The van der Waals surface area contributed by atoms with E-state index in [4.69, 9.17) is 0 Å². The van der Waals surface area contributed by atoms with E-state index in [0.29, 0.717) is 11.8 Å². The van der Waals surface area contributed by atoms with Gasteiger partial charge in [0.2, 0.25) is 5.91 Å². The van der Waals surface area contributed by atoms with Crippen molar-refractivity contribution < 1.29 is 14.7 Å². The number of hydrogen-bond acceptors (Lipinski definition) is 4. The molecule has 2 N–H and O–H groups in total. The summed E-state index contributed by atoms with van der Waals surface area (Å²) in [4.78, 5) is 36.5. The molecule has 1 amide bonds. The number of nitrogens with one attached hydrogen (secondary N) is 1. The molecule has 1 saturated carbocycles. The number of benzene rings is 1. The van der Waals surface area contributed by atoms with Crippen molar-refractivity contribution >= 4 is 22.6 Å². The van der Waals surface area contributed by atoms with Gasteiger partial charge in [-0.3, -0.25) is 9.59 Å². The summed E-state index contributed by atoms with van der Waals surface area (Å²) in [7, 11) is 0. The molecular formula is C19H23N3O4. The maximum Gasteiger partial charge on any atom is 0.357 e. The van der Waals surface area contributed by atoms with Gasteiger partial charge in [-0.05, 0) is 24.3 Å². The molecule has 0 aliphatic heterocycles. The Kier molecular flexibility index (Phi) is 5.06. The highest BCUT2D eigenvalue weighted by Crippen LogP contribution is 2.29. The van der Waals surface area contributed by atoms with Crippen LogP contribution in [0.15, 0.2) is 29.1 Å². The Balaban J connectivity index is 1.86. The number of hydrogen-bond donors (Lipinski definition) is 2. The molecule has 3 atom stereocenters. The third kappa shape index (κ3) is 3.47. The monoisotopic (exact) mass is 357 g/mol. The lowest BCUT2D eigenvalue weighted by Gasteiger charge is -2.34. The molecule has 1 heterocycles. The van der Waals surface area contributed by atoms with Gasteiger partial charge in [-0.25, -0.2) is 9.48 Å². The van der Waals surface area contributed by atoms with E-state index in [2.05, 4.69) is 24.3 Å². The van der Waals surface area contributed by atoms with Crippen molar-refractivity contribution in [2.24, 2.45) is 11.8 Å². The average molecular weight is 357 g/mol. The fourth-order valence-electron chi connectivity index (χ4n) is 3.67. The molecule has 138 valence electrons. The zero-order chi connectivity index (χ0) is 18.8. The molecule has 2 aromatic rings. The van der Waals surface area contributed by atoms with E-state index in [-0.39, 0.29) is 35.0 Å². The lowest BCUT2D eigenvalue weighted by molar-refractivity contribution is -0.123. The van der Waals surface area contributed by atoms with Crippen LogP contribution in [-0.2, 0) is 11.3 Å². The van der Waals surface area contributed by atoms with Gasteiger partial charge in [0.05, 0.1) is 5.39 Å². The molecule has 1 aliphatic rings. The summed E-state index contributed by atoms with van der Waals surface area (Å²) < 4.78 is 0.943. The Morgan fingerprint density at radius 3 is 2.62 bits per heavy atom. The van der Waals surface area contributed by atoms with Gasteiger partial charge in [-0.1, -0.05) is 44.9 Å². The van der Waals surface area contributed by atoms with Crippen molar-refractivity contribution in [2.45, 2.75) is 45.7 Å². The van der Waals surface area contributed by atoms with Gasteiger partial charge >= 0.3 is 5.97 Å². The number of carbonyl (C=O) groups is 2. The Bertz CT molecular complexity index is 905. The van der Waals surface area contributed by atoms with Crippen LogP contribution in [0.2, 0.25) is 0 Å². The van der Waals surface area contributed by atoms with Gasteiger partial charge in [0, 0.05) is 11.4 Å². The van der Waals surface area contributed by atoms with Gasteiger partial charge in [0.1, 0.15) is 6.54 Å². The Morgan fingerprint density at radius 2 is 1.92 bits per heavy atom. The van der Waals surface area contributed by atoms with Crippen molar-refractivity contribution in [3.8, 4) is 0 Å². The maximum absolute atomic E-state index is 12.6. The molecular weight excluding hydrogens is 334 g/mol. The van der Waals surface area contributed by atoms with E-state index < -0.39 is 11.5 Å². The van der Waals surface area contributed by atoms with Crippen LogP contribution in [-0.4, -0.2) is 32.8 Å². The standard InChI is InChI=1S/C19H23N3O4/c1-11-6-5-9-15(12(11)2)20-16(23)10-22-18(24)14-8-4-3-7-13(14)17(21-22)19(25)26/h3-4,7-8,11-12,15H,5-6,9-10H2,1-2H3,(H,20,23)(H,25,26)/t11-,12+,15-/m0/s1. The van der Waals surface area contributed by atoms with Crippen molar-refractivity contribution in [1.29, 1.82) is 0 Å². The van der Waals surface area contributed by atoms with Gasteiger partial charge in [-0.15, -0.1) is 0 Å². The van der Waals surface area contributed by atoms with Crippen LogP contribution in [0.4, 0.5) is 0 Å². The first-order chi connectivity index (χ1) is 12.4. The van der Waals surface area contributed by atoms with E-state index in [1.54, 1.807) is 24.3 Å². The van der Waals surface area contributed by atoms with Crippen molar-refractivity contribution in [3.05, 3.63) is 40.3 Å². The number of amides is 1. The van der Waals surface area contributed by atoms with Gasteiger partial charge in [0.25, 0.3) is 5.56 Å². The molecule has 7 heteroatoms. The van der Waals surface area contributed by atoms with Gasteiger partial charge in [0.15, 0.2) is 5.69 Å². The minimum absolute atomic E-state index is 0.0707. The smallest absolute Gasteiger partial charge is 0.357 e. The van der Waals surface area contributed by atoms with Crippen molar-refractivity contribution in [1.82, 2.24) is 15.1 Å². The van der Waals surface area contributed by atoms with Crippen LogP contribution in [0, 0.1) is 11.8 Å². The van der Waals surface area contributed by atoms with E-state index in [1.165, 1.54) is 0 Å². The molecule has 26 heavy (non-hydrogen) atoms. The van der Waals surface area contributed by atoms with E-state index in [0.717, 1.165) is 23.9 Å². The fourth-order valence-corrected chi connectivity index (χ4v) is 3.67. The third-order valence-electron chi connectivity index (χ3n) is 5.42. The lowest BCUT2D eigenvalue weighted by Crippen LogP contribution is -2.46.